The van der Waals surface area contributed by atoms with Crippen LogP contribution in [0.2, 0.25) is 5.15 Å². The first-order valence-electron chi connectivity index (χ1n) is 5.10. The van der Waals surface area contributed by atoms with Crippen LogP contribution in [0.25, 0.3) is 0 Å². The summed E-state index contributed by atoms with van der Waals surface area (Å²) in [4.78, 5) is 0. The Morgan fingerprint density at radius 1 is 1.57 bits per heavy atom. The molecule has 0 amide bonds. The molecule has 0 bridgehead atoms. The number of halogens is 1. The van der Waals surface area contributed by atoms with Gasteiger partial charge in [0.1, 0.15) is 5.15 Å². The third kappa shape index (κ3) is 2.10. The molecule has 2 rings (SSSR count). The van der Waals surface area contributed by atoms with Gasteiger partial charge >= 0.3 is 0 Å². The van der Waals surface area contributed by atoms with E-state index in [2.05, 4.69) is 10.4 Å². The molecule has 0 aromatic carbocycles. The van der Waals surface area contributed by atoms with E-state index in [1.807, 2.05) is 14.0 Å². The van der Waals surface area contributed by atoms with Crippen LogP contribution in [0.15, 0.2) is 0 Å². The van der Waals surface area contributed by atoms with Crippen LogP contribution in [0.3, 0.4) is 0 Å². The lowest BCUT2D eigenvalue weighted by molar-refractivity contribution is 0.680. The third-order valence-corrected chi connectivity index (χ3v) is 3.13. The van der Waals surface area contributed by atoms with Crippen molar-refractivity contribution in [3.63, 3.8) is 0 Å². The van der Waals surface area contributed by atoms with Crippen LogP contribution in [0, 0.1) is 6.92 Å². The zero-order valence-electron chi connectivity index (χ0n) is 8.68. The van der Waals surface area contributed by atoms with E-state index in [0.717, 1.165) is 29.9 Å². The zero-order valence-corrected chi connectivity index (χ0v) is 9.43. The molecule has 0 unspecified atom stereocenters. The predicted molar refractivity (Wildman–Crippen MR) is 57.7 cm³/mol. The lowest BCUT2D eigenvalue weighted by Crippen LogP contribution is -2.19. The van der Waals surface area contributed by atoms with Gasteiger partial charge in [-0.3, -0.25) is 4.68 Å². The van der Waals surface area contributed by atoms with Crippen molar-refractivity contribution in [2.45, 2.75) is 32.2 Å². The molecule has 4 heteroatoms. The molecule has 1 fully saturated rings. The number of hydrogen-bond donors (Lipinski definition) is 1. The Morgan fingerprint density at radius 3 is 2.79 bits per heavy atom. The van der Waals surface area contributed by atoms with E-state index in [4.69, 9.17) is 11.6 Å². The molecular weight excluding hydrogens is 198 g/mol. The van der Waals surface area contributed by atoms with Crippen molar-refractivity contribution in [1.82, 2.24) is 15.1 Å². The van der Waals surface area contributed by atoms with Gasteiger partial charge < -0.3 is 5.32 Å². The summed E-state index contributed by atoms with van der Waals surface area (Å²) in [5.41, 5.74) is 2.23. The Labute approximate surface area is 89.4 Å². The first-order valence-corrected chi connectivity index (χ1v) is 5.47. The Morgan fingerprint density at radius 2 is 2.29 bits per heavy atom. The molecule has 3 nitrogen and oxygen atoms in total. The topological polar surface area (TPSA) is 29.9 Å². The molecule has 0 radical (unpaired) electrons. The number of aryl methyl sites for hydroxylation is 2. The molecule has 1 aliphatic rings. The van der Waals surface area contributed by atoms with Gasteiger partial charge in [0.05, 0.1) is 5.69 Å². The van der Waals surface area contributed by atoms with Crippen LogP contribution >= 0.6 is 11.6 Å². The van der Waals surface area contributed by atoms with Crippen molar-refractivity contribution in [1.29, 1.82) is 0 Å². The summed E-state index contributed by atoms with van der Waals surface area (Å²) < 4.78 is 1.74. The molecule has 1 aromatic rings. The largest absolute Gasteiger partial charge is 0.314 e. The van der Waals surface area contributed by atoms with E-state index >= 15 is 0 Å². The summed E-state index contributed by atoms with van der Waals surface area (Å²) in [6.07, 6.45) is 3.65. The first-order chi connectivity index (χ1) is 6.68. The number of nitrogens with zero attached hydrogens (tertiary/aromatic N) is 2. The predicted octanol–water partition coefficient (Wildman–Crippen LogP) is 1.68. The summed E-state index contributed by atoms with van der Waals surface area (Å²) >= 11 is 6.12. The van der Waals surface area contributed by atoms with Crippen molar-refractivity contribution in [3.8, 4) is 0 Å². The Kier molecular flexibility index (Phi) is 2.79. The van der Waals surface area contributed by atoms with Gasteiger partial charge in [0, 0.05) is 18.7 Å². The van der Waals surface area contributed by atoms with Gasteiger partial charge in [-0.2, -0.15) is 5.10 Å². The van der Waals surface area contributed by atoms with Crippen molar-refractivity contribution >= 4 is 11.6 Å². The fraction of sp³-hybridized carbons (Fsp3) is 0.700. The highest BCUT2D eigenvalue weighted by Gasteiger charge is 2.20. The summed E-state index contributed by atoms with van der Waals surface area (Å²) in [5.74, 6) is 0. The lowest BCUT2D eigenvalue weighted by atomic mass is 10.2. The van der Waals surface area contributed by atoms with Gasteiger partial charge in [0.25, 0.3) is 0 Å². The van der Waals surface area contributed by atoms with Crippen molar-refractivity contribution < 1.29 is 0 Å². The van der Waals surface area contributed by atoms with E-state index in [1.54, 1.807) is 4.68 Å². The third-order valence-electron chi connectivity index (χ3n) is 2.66. The normalized spacial score (nSPS) is 16.2. The second kappa shape index (κ2) is 3.91. The van der Waals surface area contributed by atoms with Crippen LogP contribution < -0.4 is 5.32 Å². The molecule has 0 aliphatic heterocycles. The van der Waals surface area contributed by atoms with Crippen molar-refractivity contribution in [3.05, 3.63) is 16.4 Å². The van der Waals surface area contributed by atoms with Gasteiger partial charge in [0.2, 0.25) is 0 Å². The Balaban J connectivity index is 1.93. The van der Waals surface area contributed by atoms with E-state index < -0.39 is 0 Å². The van der Waals surface area contributed by atoms with Gasteiger partial charge in [0.15, 0.2) is 0 Å². The highest BCUT2D eigenvalue weighted by molar-refractivity contribution is 6.30. The smallest absolute Gasteiger partial charge is 0.130 e. The Bertz CT molecular complexity index is 328. The Hall–Kier alpha value is -0.540. The maximum Gasteiger partial charge on any atom is 0.130 e. The summed E-state index contributed by atoms with van der Waals surface area (Å²) in [6, 6.07) is 0.769. The van der Waals surface area contributed by atoms with E-state index in [-0.39, 0.29) is 0 Å². The van der Waals surface area contributed by atoms with Crippen molar-refractivity contribution in [2.24, 2.45) is 7.05 Å². The molecule has 1 N–H and O–H groups in total. The van der Waals surface area contributed by atoms with Gasteiger partial charge in [-0.15, -0.1) is 0 Å². The number of nitrogens with one attached hydrogen (secondary N) is 1. The fourth-order valence-electron chi connectivity index (χ4n) is 1.65. The maximum absolute atomic E-state index is 6.12. The molecule has 1 aliphatic carbocycles. The fourth-order valence-corrected chi connectivity index (χ4v) is 1.92. The summed E-state index contributed by atoms with van der Waals surface area (Å²) in [5, 5.41) is 8.53. The van der Waals surface area contributed by atoms with Crippen LogP contribution in [0.1, 0.15) is 24.1 Å². The van der Waals surface area contributed by atoms with Crippen LogP contribution in [0.4, 0.5) is 0 Å². The molecule has 0 spiro atoms. The average molecular weight is 214 g/mol. The molecule has 0 atom stereocenters. The highest BCUT2D eigenvalue weighted by Crippen LogP contribution is 2.21. The molecule has 0 saturated heterocycles. The second-order valence-corrected chi connectivity index (χ2v) is 4.31. The van der Waals surface area contributed by atoms with E-state index in [1.165, 1.54) is 18.4 Å². The van der Waals surface area contributed by atoms with E-state index in [0.29, 0.717) is 0 Å². The molecule has 1 saturated carbocycles. The number of hydrogen-bond acceptors (Lipinski definition) is 2. The monoisotopic (exact) mass is 213 g/mol. The van der Waals surface area contributed by atoms with Crippen molar-refractivity contribution in [2.75, 3.05) is 6.54 Å². The molecule has 1 heterocycles. The van der Waals surface area contributed by atoms with Crippen LogP contribution in [-0.4, -0.2) is 22.4 Å². The molecule has 78 valence electrons. The SMILES string of the molecule is Cc1nn(C)c(Cl)c1CCNC1CC1. The maximum atomic E-state index is 6.12. The standard InChI is InChI=1S/C10H16ClN3/c1-7-9(10(11)14(2)13-7)5-6-12-8-3-4-8/h8,12H,3-6H2,1-2H3. The van der Waals surface area contributed by atoms with Crippen LogP contribution in [-0.2, 0) is 13.5 Å². The lowest BCUT2D eigenvalue weighted by Gasteiger charge is -2.02. The molecule has 1 aromatic heterocycles. The molecule has 14 heavy (non-hydrogen) atoms. The summed E-state index contributed by atoms with van der Waals surface area (Å²) in [7, 11) is 1.88. The first kappa shape index (κ1) is 9.99. The minimum Gasteiger partial charge on any atom is -0.314 e. The number of aromatic nitrogens is 2. The van der Waals surface area contributed by atoms with Crippen LogP contribution in [0.5, 0.6) is 0 Å². The van der Waals surface area contributed by atoms with Gasteiger partial charge in [-0.05, 0) is 32.7 Å². The minimum absolute atomic E-state index is 0.769. The minimum atomic E-state index is 0.769. The second-order valence-electron chi connectivity index (χ2n) is 3.96. The quantitative estimate of drug-likeness (QED) is 0.825. The molecular formula is C10H16ClN3. The van der Waals surface area contributed by atoms with Gasteiger partial charge in [-0.25, -0.2) is 0 Å². The zero-order chi connectivity index (χ0) is 10.1. The summed E-state index contributed by atoms with van der Waals surface area (Å²) in [6.45, 7) is 3.02. The van der Waals surface area contributed by atoms with E-state index in [9.17, 15) is 0 Å². The number of rotatable bonds is 4. The highest BCUT2D eigenvalue weighted by atomic mass is 35.5. The average Bonchev–Trinajstić information content (AvgIpc) is 2.90. The van der Waals surface area contributed by atoms with Gasteiger partial charge in [-0.1, -0.05) is 11.6 Å².